The zero-order chi connectivity index (χ0) is 21.3. The van der Waals surface area contributed by atoms with Crippen LogP contribution in [0.15, 0.2) is 61.1 Å². The number of hydrogen-bond acceptors (Lipinski definition) is 2. The van der Waals surface area contributed by atoms with Crippen molar-refractivity contribution in [3.8, 4) is 5.75 Å². The summed E-state index contributed by atoms with van der Waals surface area (Å²) < 4.78 is 0.484. The molecule has 2 heterocycles. The Morgan fingerprint density at radius 2 is 1.83 bits per heavy atom. The molecule has 4 aromatic rings. The van der Waals surface area contributed by atoms with Crippen LogP contribution >= 0.6 is 0 Å². The van der Waals surface area contributed by atoms with Gasteiger partial charge in [0.05, 0.1) is 26.7 Å². The molecule has 6 nitrogen and oxygen atoms in total. The Kier molecular flexibility index (Phi) is 5.10. The first-order valence-corrected chi connectivity index (χ1v) is 9.96. The maximum Gasteiger partial charge on any atom is 0.282 e. The van der Waals surface area contributed by atoms with Gasteiger partial charge in [-0.25, -0.2) is 0 Å². The maximum absolute atomic E-state index is 13.1. The Labute approximate surface area is 175 Å². The predicted octanol–water partition coefficient (Wildman–Crippen LogP) is 3.76. The van der Waals surface area contributed by atoms with E-state index in [1.165, 1.54) is 0 Å². The zero-order valence-corrected chi connectivity index (χ0v) is 17.4. The average Bonchev–Trinajstić information content (AvgIpc) is 3.30. The summed E-state index contributed by atoms with van der Waals surface area (Å²) in [5.74, 6) is 0.166. The SMILES string of the molecule is C[N+](C)(C)C(Cc1c[nH]c2c(O)cccc12)C(=O)N/C=C\c1c[nH]c2ccccc12. The number of benzene rings is 2. The number of phenols is 1. The molecule has 0 spiro atoms. The largest absolute Gasteiger partial charge is 0.506 e. The highest BCUT2D eigenvalue weighted by molar-refractivity contribution is 5.91. The van der Waals surface area contributed by atoms with Crippen LogP contribution in [0.2, 0.25) is 0 Å². The van der Waals surface area contributed by atoms with Crippen LogP contribution in [-0.2, 0) is 11.2 Å². The first-order valence-electron chi connectivity index (χ1n) is 9.96. The summed E-state index contributed by atoms with van der Waals surface area (Å²) in [5, 5.41) is 15.1. The second-order valence-corrected chi connectivity index (χ2v) is 8.48. The molecule has 4 rings (SSSR count). The molecule has 1 amide bonds. The van der Waals surface area contributed by atoms with Gasteiger partial charge in [-0.2, -0.15) is 0 Å². The summed E-state index contributed by atoms with van der Waals surface area (Å²) in [6.45, 7) is 0. The molecule has 0 saturated heterocycles. The number of nitrogens with zero attached hydrogens (tertiary/aromatic N) is 1. The Morgan fingerprint density at radius 1 is 1.07 bits per heavy atom. The van der Waals surface area contributed by atoms with Gasteiger partial charge in [-0.15, -0.1) is 0 Å². The average molecular weight is 404 g/mol. The number of H-pyrrole nitrogens is 2. The summed E-state index contributed by atoms with van der Waals surface area (Å²) in [7, 11) is 6.04. The highest BCUT2D eigenvalue weighted by Crippen LogP contribution is 2.27. The monoisotopic (exact) mass is 403 g/mol. The summed E-state index contributed by atoms with van der Waals surface area (Å²) in [6.07, 6.45) is 7.99. The smallest absolute Gasteiger partial charge is 0.282 e. The molecule has 0 aliphatic rings. The molecular weight excluding hydrogens is 376 g/mol. The van der Waals surface area contributed by atoms with E-state index in [9.17, 15) is 9.90 Å². The fraction of sp³-hybridized carbons (Fsp3) is 0.208. The Hall–Kier alpha value is -3.51. The van der Waals surface area contributed by atoms with E-state index in [1.54, 1.807) is 12.3 Å². The lowest BCUT2D eigenvalue weighted by Crippen LogP contribution is -2.54. The number of para-hydroxylation sites is 2. The van der Waals surface area contributed by atoms with Crippen LogP contribution < -0.4 is 5.32 Å². The molecule has 0 radical (unpaired) electrons. The second kappa shape index (κ2) is 7.72. The molecule has 1 atom stereocenters. The third kappa shape index (κ3) is 3.82. The number of rotatable bonds is 6. The molecule has 2 aromatic carbocycles. The van der Waals surface area contributed by atoms with Gasteiger partial charge in [0.2, 0.25) is 0 Å². The second-order valence-electron chi connectivity index (χ2n) is 8.48. The van der Waals surface area contributed by atoms with Crippen LogP contribution in [-0.4, -0.2) is 52.6 Å². The zero-order valence-electron chi connectivity index (χ0n) is 17.4. The maximum atomic E-state index is 13.1. The first kappa shape index (κ1) is 19.8. The quantitative estimate of drug-likeness (QED) is 0.370. The standard InChI is InChI=1S/C24H26N4O2/c1-28(2,3)21(13-17-15-27-23-19(17)8-6-10-22(23)29)24(30)25-12-11-16-14-26-20-9-5-4-7-18(16)20/h4-12,14-15,21,26-27H,13H2,1-3H3,(H-,25,29,30)/p+1/b12-11-. The number of nitrogens with one attached hydrogen (secondary N) is 3. The molecule has 6 heteroatoms. The molecule has 0 saturated carbocycles. The van der Waals surface area contributed by atoms with Gasteiger partial charge in [-0.1, -0.05) is 30.3 Å². The fourth-order valence-corrected chi connectivity index (χ4v) is 3.83. The van der Waals surface area contributed by atoms with Crippen molar-refractivity contribution in [2.24, 2.45) is 0 Å². The molecule has 0 fully saturated rings. The van der Waals surface area contributed by atoms with Crippen LogP contribution in [0.25, 0.3) is 27.9 Å². The Morgan fingerprint density at radius 3 is 2.63 bits per heavy atom. The van der Waals surface area contributed by atoms with E-state index >= 15 is 0 Å². The molecule has 30 heavy (non-hydrogen) atoms. The number of carbonyl (C=O) groups is 1. The molecule has 0 aliphatic carbocycles. The minimum atomic E-state index is -0.293. The molecule has 2 aromatic heterocycles. The van der Waals surface area contributed by atoms with Gasteiger partial charge < -0.3 is 24.9 Å². The van der Waals surface area contributed by atoms with E-state index in [2.05, 4.69) is 21.4 Å². The van der Waals surface area contributed by atoms with Crippen molar-refractivity contribution in [2.45, 2.75) is 12.5 Å². The summed E-state index contributed by atoms with van der Waals surface area (Å²) >= 11 is 0. The Bertz CT molecular complexity index is 1230. The number of quaternary nitrogens is 1. The molecule has 4 N–H and O–H groups in total. The van der Waals surface area contributed by atoms with Crippen LogP contribution in [0.3, 0.4) is 0 Å². The minimum absolute atomic E-state index is 0.0481. The van der Waals surface area contributed by atoms with Crippen molar-refractivity contribution in [3.63, 3.8) is 0 Å². The van der Waals surface area contributed by atoms with E-state index in [0.717, 1.165) is 27.4 Å². The molecule has 0 bridgehead atoms. The van der Waals surface area contributed by atoms with Crippen molar-refractivity contribution in [1.29, 1.82) is 0 Å². The summed E-state index contributed by atoms with van der Waals surface area (Å²) in [4.78, 5) is 19.4. The van der Waals surface area contributed by atoms with Crippen molar-refractivity contribution in [1.82, 2.24) is 15.3 Å². The lowest BCUT2D eigenvalue weighted by molar-refractivity contribution is -0.886. The van der Waals surface area contributed by atoms with Gasteiger partial charge in [0.15, 0.2) is 6.04 Å². The fourth-order valence-electron chi connectivity index (χ4n) is 3.83. The van der Waals surface area contributed by atoms with E-state index in [0.29, 0.717) is 16.4 Å². The molecule has 1 unspecified atom stereocenters. The third-order valence-corrected chi connectivity index (χ3v) is 5.54. The van der Waals surface area contributed by atoms with Gasteiger partial charge in [0.1, 0.15) is 5.75 Å². The van der Waals surface area contributed by atoms with Gasteiger partial charge in [-0.05, 0) is 23.8 Å². The highest BCUT2D eigenvalue weighted by atomic mass is 16.3. The number of phenolic OH excluding ortho intramolecular Hbond substituents is 1. The normalized spacial score (nSPS) is 13.3. The van der Waals surface area contributed by atoms with Crippen LogP contribution in [0.1, 0.15) is 11.1 Å². The molecule has 0 aliphatic heterocycles. The van der Waals surface area contributed by atoms with Gasteiger partial charge in [-0.3, -0.25) is 4.79 Å². The number of aromatic amines is 2. The predicted molar refractivity (Wildman–Crippen MR) is 121 cm³/mol. The van der Waals surface area contributed by atoms with Crippen molar-refractivity contribution in [3.05, 3.63) is 72.2 Å². The van der Waals surface area contributed by atoms with Gasteiger partial charge in [0.25, 0.3) is 5.91 Å². The number of amides is 1. The van der Waals surface area contributed by atoms with E-state index in [4.69, 9.17) is 0 Å². The number of aromatic hydroxyl groups is 1. The van der Waals surface area contributed by atoms with Crippen molar-refractivity contribution < 1.29 is 14.4 Å². The van der Waals surface area contributed by atoms with Crippen LogP contribution in [0.4, 0.5) is 0 Å². The van der Waals surface area contributed by atoms with E-state index in [-0.39, 0.29) is 17.7 Å². The van der Waals surface area contributed by atoms with E-state index in [1.807, 2.05) is 69.9 Å². The van der Waals surface area contributed by atoms with Crippen molar-refractivity contribution >= 4 is 33.8 Å². The minimum Gasteiger partial charge on any atom is -0.506 e. The van der Waals surface area contributed by atoms with Gasteiger partial charge in [0, 0.05) is 46.9 Å². The van der Waals surface area contributed by atoms with Crippen LogP contribution in [0, 0.1) is 0 Å². The topological polar surface area (TPSA) is 80.9 Å². The number of aromatic nitrogens is 2. The van der Waals surface area contributed by atoms with Crippen molar-refractivity contribution in [2.75, 3.05) is 21.1 Å². The van der Waals surface area contributed by atoms with E-state index < -0.39 is 0 Å². The lowest BCUT2D eigenvalue weighted by atomic mass is 10.0. The highest BCUT2D eigenvalue weighted by Gasteiger charge is 2.32. The molecular formula is C24H27N4O2+. The molecule has 154 valence electrons. The number of fused-ring (bicyclic) bond motifs is 2. The lowest BCUT2D eigenvalue weighted by Gasteiger charge is -2.32. The summed E-state index contributed by atoms with van der Waals surface area (Å²) in [5.41, 5.74) is 3.80. The third-order valence-electron chi connectivity index (χ3n) is 5.54. The first-order chi connectivity index (χ1) is 14.3. The van der Waals surface area contributed by atoms with Crippen LogP contribution in [0.5, 0.6) is 5.75 Å². The number of hydrogen-bond donors (Lipinski definition) is 4. The Balaban J connectivity index is 1.53. The number of carbonyl (C=O) groups excluding carboxylic acids is 1. The van der Waals surface area contributed by atoms with Gasteiger partial charge >= 0.3 is 0 Å². The number of likely N-dealkylation sites (N-methyl/N-ethyl adjacent to an activating group) is 1. The summed E-state index contributed by atoms with van der Waals surface area (Å²) in [6, 6.07) is 13.2.